The molecule has 1 aliphatic rings. The summed E-state index contributed by atoms with van der Waals surface area (Å²) in [6.07, 6.45) is 4.90. The molecular formula is C16H24BrNO2. The monoisotopic (exact) mass is 341 g/mol. The highest BCUT2D eigenvalue weighted by Gasteiger charge is 2.15. The van der Waals surface area contributed by atoms with Gasteiger partial charge in [0.1, 0.15) is 5.75 Å². The van der Waals surface area contributed by atoms with Crippen LogP contribution in [0.2, 0.25) is 0 Å². The Morgan fingerprint density at radius 1 is 1.45 bits per heavy atom. The Bertz CT molecular complexity index is 405. The fraction of sp³-hybridized carbons (Fsp3) is 0.625. The van der Waals surface area contributed by atoms with Crippen molar-refractivity contribution in [3.05, 3.63) is 28.2 Å². The Morgan fingerprint density at radius 3 is 3.10 bits per heavy atom. The summed E-state index contributed by atoms with van der Waals surface area (Å²) in [4.78, 5) is 0. The SMILES string of the molecule is CCCNCc1cc(OCCC2CCCO2)ccc1Br. The van der Waals surface area contributed by atoms with Crippen LogP contribution in [0.3, 0.4) is 0 Å². The number of halogens is 1. The van der Waals surface area contributed by atoms with E-state index in [1.54, 1.807) is 0 Å². The van der Waals surface area contributed by atoms with Crippen LogP contribution in [0.25, 0.3) is 0 Å². The molecule has 0 aliphatic carbocycles. The molecule has 4 heteroatoms. The molecule has 1 aromatic rings. The van der Waals surface area contributed by atoms with Gasteiger partial charge in [0.15, 0.2) is 0 Å². The van der Waals surface area contributed by atoms with Crippen molar-refractivity contribution >= 4 is 15.9 Å². The van der Waals surface area contributed by atoms with E-state index >= 15 is 0 Å². The van der Waals surface area contributed by atoms with Crippen LogP contribution in [-0.2, 0) is 11.3 Å². The summed E-state index contributed by atoms with van der Waals surface area (Å²) in [5.41, 5.74) is 1.24. The molecular weight excluding hydrogens is 318 g/mol. The first-order valence-corrected chi connectivity index (χ1v) is 8.32. The van der Waals surface area contributed by atoms with Crippen molar-refractivity contribution in [2.24, 2.45) is 0 Å². The summed E-state index contributed by atoms with van der Waals surface area (Å²) in [7, 11) is 0. The zero-order valence-electron chi connectivity index (χ0n) is 12.2. The summed E-state index contributed by atoms with van der Waals surface area (Å²) >= 11 is 3.59. The predicted octanol–water partition coefficient (Wildman–Crippen LogP) is 3.90. The minimum atomic E-state index is 0.399. The predicted molar refractivity (Wildman–Crippen MR) is 85.2 cm³/mol. The van der Waals surface area contributed by atoms with E-state index in [2.05, 4.69) is 40.3 Å². The minimum absolute atomic E-state index is 0.399. The van der Waals surface area contributed by atoms with E-state index in [1.807, 2.05) is 6.07 Å². The minimum Gasteiger partial charge on any atom is -0.493 e. The number of ether oxygens (including phenoxy) is 2. The van der Waals surface area contributed by atoms with Crippen LogP contribution in [0.4, 0.5) is 0 Å². The van der Waals surface area contributed by atoms with Crippen molar-refractivity contribution in [3.63, 3.8) is 0 Å². The van der Waals surface area contributed by atoms with E-state index in [4.69, 9.17) is 9.47 Å². The molecule has 1 heterocycles. The second-order valence-electron chi connectivity index (χ2n) is 5.20. The normalized spacial score (nSPS) is 18.4. The summed E-state index contributed by atoms with van der Waals surface area (Å²) < 4.78 is 12.6. The van der Waals surface area contributed by atoms with Gasteiger partial charge in [0, 0.05) is 24.0 Å². The summed E-state index contributed by atoms with van der Waals surface area (Å²) in [6.45, 7) is 5.73. The van der Waals surface area contributed by atoms with Gasteiger partial charge in [-0.05, 0) is 49.6 Å². The largest absolute Gasteiger partial charge is 0.493 e. The summed E-state index contributed by atoms with van der Waals surface area (Å²) in [6, 6.07) is 6.19. The lowest BCUT2D eigenvalue weighted by Crippen LogP contribution is -2.14. The van der Waals surface area contributed by atoms with E-state index in [9.17, 15) is 0 Å². The average molecular weight is 342 g/mol. The molecule has 0 spiro atoms. The molecule has 2 rings (SSSR count). The Kier molecular flexibility index (Phi) is 6.83. The van der Waals surface area contributed by atoms with Crippen molar-refractivity contribution in [3.8, 4) is 5.75 Å². The van der Waals surface area contributed by atoms with E-state index in [1.165, 1.54) is 18.4 Å². The standard InChI is InChI=1S/C16H24BrNO2/c1-2-8-18-12-13-11-15(5-6-16(13)17)20-10-7-14-4-3-9-19-14/h5-6,11,14,18H,2-4,7-10,12H2,1H3. The van der Waals surface area contributed by atoms with Gasteiger partial charge in [0.2, 0.25) is 0 Å². The second kappa shape index (κ2) is 8.65. The molecule has 1 atom stereocenters. The lowest BCUT2D eigenvalue weighted by molar-refractivity contribution is 0.0903. The summed E-state index contributed by atoms with van der Waals surface area (Å²) in [5.74, 6) is 0.944. The Hall–Kier alpha value is -0.580. The van der Waals surface area contributed by atoms with Crippen LogP contribution in [0, 0.1) is 0 Å². The van der Waals surface area contributed by atoms with Crippen LogP contribution in [0.15, 0.2) is 22.7 Å². The average Bonchev–Trinajstić information content (AvgIpc) is 2.95. The van der Waals surface area contributed by atoms with Gasteiger partial charge in [0.05, 0.1) is 12.7 Å². The fourth-order valence-electron chi connectivity index (χ4n) is 2.36. The van der Waals surface area contributed by atoms with Crippen LogP contribution < -0.4 is 10.1 Å². The maximum atomic E-state index is 5.84. The Labute approximate surface area is 130 Å². The smallest absolute Gasteiger partial charge is 0.119 e. The number of hydrogen-bond donors (Lipinski definition) is 1. The molecule has 1 saturated heterocycles. The molecule has 1 N–H and O–H groups in total. The molecule has 1 aliphatic heterocycles. The van der Waals surface area contributed by atoms with Gasteiger partial charge in [-0.2, -0.15) is 0 Å². The molecule has 112 valence electrons. The van der Waals surface area contributed by atoms with Gasteiger partial charge in [0.25, 0.3) is 0 Å². The van der Waals surface area contributed by atoms with Gasteiger partial charge in [-0.15, -0.1) is 0 Å². The van der Waals surface area contributed by atoms with Gasteiger partial charge >= 0.3 is 0 Å². The number of nitrogens with one attached hydrogen (secondary N) is 1. The van der Waals surface area contributed by atoms with Crippen molar-refractivity contribution in [2.75, 3.05) is 19.8 Å². The van der Waals surface area contributed by atoms with E-state index in [0.717, 1.165) is 49.4 Å². The maximum Gasteiger partial charge on any atom is 0.119 e. The third kappa shape index (κ3) is 5.08. The highest BCUT2D eigenvalue weighted by Crippen LogP contribution is 2.23. The molecule has 3 nitrogen and oxygen atoms in total. The molecule has 0 saturated carbocycles. The third-order valence-corrected chi connectivity index (χ3v) is 4.27. The third-order valence-electron chi connectivity index (χ3n) is 3.49. The zero-order chi connectivity index (χ0) is 14.2. The van der Waals surface area contributed by atoms with E-state index in [0.29, 0.717) is 6.10 Å². The molecule has 1 unspecified atom stereocenters. The molecule has 0 radical (unpaired) electrons. The van der Waals surface area contributed by atoms with Crippen molar-refractivity contribution in [2.45, 2.75) is 45.3 Å². The van der Waals surface area contributed by atoms with E-state index in [-0.39, 0.29) is 0 Å². The van der Waals surface area contributed by atoms with Crippen molar-refractivity contribution < 1.29 is 9.47 Å². The molecule has 1 fully saturated rings. The fourth-order valence-corrected chi connectivity index (χ4v) is 2.74. The molecule has 20 heavy (non-hydrogen) atoms. The van der Waals surface area contributed by atoms with Gasteiger partial charge in [-0.25, -0.2) is 0 Å². The van der Waals surface area contributed by atoms with Gasteiger partial charge in [-0.1, -0.05) is 22.9 Å². The lowest BCUT2D eigenvalue weighted by atomic mass is 10.2. The first kappa shape index (κ1) is 15.8. The number of benzene rings is 1. The maximum absolute atomic E-state index is 5.84. The zero-order valence-corrected chi connectivity index (χ0v) is 13.7. The number of rotatable bonds is 8. The second-order valence-corrected chi connectivity index (χ2v) is 6.06. The molecule has 0 aromatic heterocycles. The van der Waals surface area contributed by atoms with Crippen LogP contribution in [-0.4, -0.2) is 25.9 Å². The Morgan fingerprint density at radius 2 is 2.35 bits per heavy atom. The highest BCUT2D eigenvalue weighted by molar-refractivity contribution is 9.10. The van der Waals surface area contributed by atoms with Gasteiger partial charge < -0.3 is 14.8 Å². The molecule has 1 aromatic carbocycles. The summed E-state index contributed by atoms with van der Waals surface area (Å²) in [5, 5.41) is 3.41. The van der Waals surface area contributed by atoms with Crippen LogP contribution >= 0.6 is 15.9 Å². The quantitative estimate of drug-likeness (QED) is 0.727. The molecule has 0 amide bonds. The van der Waals surface area contributed by atoms with E-state index < -0.39 is 0 Å². The Balaban J connectivity index is 1.79. The van der Waals surface area contributed by atoms with Gasteiger partial charge in [-0.3, -0.25) is 0 Å². The lowest BCUT2D eigenvalue weighted by Gasteiger charge is -2.12. The molecule has 0 bridgehead atoms. The number of hydrogen-bond acceptors (Lipinski definition) is 3. The topological polar surface area (TPSA) is 30.5 Å². The van der Waals surface area contributed by atoms with Crippen LogP contribution in [0.1, 0.15) is 38.2 Å². The first-order chi connectivity index (χ1) is 9.79. The first-order valence-electron chi connectivity index (χ1n) is 7.53. The van der Waals surface area contributed by atoms with Crippen molar-refractivity contribution in [1.82, 2.24) is 5.32 Å². The highest BCUT2D eigenvalue weighted by atomic mass is 79.9. The van der Waals surface area contributed by atoms with Crippen LogP contribution in [0.5, 0.6) is 5.75 Å². The van der Waals surface area contributed by atoms with Crippen molar-refractivity contribution in [1.29, 1.82) is 0 Å².